The molecular weight excluding hydrogens is 230 g/mol. The molecule has 18 heavy (non-hydrogen) atoms. The molecule has 1 fully saturated rings. The van der Waals surface area contributed by atoms with Crippen LogP contribution in [0.25, 0.3) is 0 Å². The molecule has 1 aromatic rings. The number of ether oxygens (including phenoxy) is 2. The number of carbonyl (C=O) groups is 1. The fraction of sp³-hybridized carbons (Fsp3) is 0.500. The molecule has 2 heterocycles. The fourth-order valence-electron chi connectivity index (χ4n) is 2.37. The number of hydrogen-bond donors (Lipinski definition) is 1. The van der Waals surface area contributed by atoms with Gasteiger partial charge in [0.05, 0.1) is 13.2 Å². The van der Waals surface area contributed by atoms with Crippen molar-refractivity contribution in [3.05, 3.63) is 23.8 Å². The quantitative estimate of drug-likeness (QED) is 0.888. The lowest BCUT2D eigenvalue weighted by Gasteiger charge is -2.18. The number of benzene rings is 1. The highest BCUT2D eigenvalue weighted by Gasteiger charge is 2.18. The molecule has 1 aromatic carbocycles. The van der Waals surface area contributed by atoms with Crippen molar-refractivity contribution in [3.63, 3.8) is 0 Å². The van der Waals surface area contributed by atoms with Gasteiger partial charge in [-0.05, 0) is 24.5 Å². The molecule has 3 rings (SSSR count). The summed E-state index contributed by atoms with van der Waals surface area (Å²) in [5, 5.41) is 2.88. The maximum absolute atomic E-state index is 11.3. The van der Waals surface area contributed by atoms with Gasteiger partial charge in [0.2, 0.25) is 5.91 Å². The third kappa shape index (κ3) is 2.48. The van der Waals surface area contributed by atoms with E-state index in [-0.39, 0.29) is 5.91 Å². The second kappa shape index (κ2) is 4.98. The Hall–Kier alpha value is -1.55. The number of anilines is 1. The Morgan fingerprint density at radius 1 is 1.39 bits per heavy atom. The smallest absolute Gasteiger partial charge is 0.224 e. The van der Waals surface area contributed by atoms with Crippen molar-refractivity contribution >= 4 is 11.6 Å². The summed E-state index contributed by atoms with van der Waals surface area (Å²) in [5.74, 6) is 1.40. The van der Waals surface area contributed by atoms with E-state index >= 15 is 0 Å². The molecule has 0 bridgehead atoms. The van der Waals surface area contributed by atoms with Gasteiger partial charge < -0.3 is 14.8 Å². The molecule has 96 valence electrons. The van der Waals surface area contributed by atoms with Crippen molar-refractivity contribution in [1.82, 2.24) is 0 Å². The van der Waals surface area contributed by atoms with Gasteiger partial charge in [0, 0.05) is 30.7 Å². The van der Waals surface area contributed by atoms with Crippen molar-refractivity contribution in [2.45, 2.75) is 19.3 Å². The summed E-state index contributed by atoms with van der Waals surface area (Å²) in [4.78, 5) is 11.3. The topological polar surface area (TPSA) is 47.6 Å². The van der Waals surface area contributed by atoms with E-state index in [2.05, 4.69) is 5.32 Å². The minimum absolute atomic E-state index is 0.0869. The molecule has 0 aliphatic carbocycles. The van der Waals surface area contributed by atoms with Crippen LogP contribution < -0.4 is 10.1 Å². The third-order valence-corrected chi connectivity index (χ3v) is 3.49. The van der Waals surface area contributed by atoms with Gasteiger partial charge in [-0.25, -0.2) is 0 Å². The lowest BCUT2D eigenvalue weighted by molar-refractivity contribution is -0.116. The number of rotatable bonds is 3. The highest BCUT2D eigenvalue weighted by molar-refractivity contribution is 5.94. The molecule has 1 amide bonds. The fourth-order valence-corrected chi connectivity index (χ4v) is 2.37. The first-order valence-corrected chi connectivity index (χ1v) is 6.44. The normalized spacial score (nSPS) is 22.4. The van der Waals surface area contributed by atoms with E-state index in [9.17, 15) is 4.79 Å². The molecule has 2 aliphatic rings. The van der Waals surface area contributed by atoms with Gasteiger partial charge in [-0.15, -0.1) is 0 Å². The summed E-state index contributed by atoms with van der Waals surface area (Å²) in [6, 6.07) is 5.93. The van der Waals surface area contributed by atoms with Crippen molar-refractivity contribution < 1.29 is 14.3 Å². The van der Waals surface area contributed by atoms with Crippen LogP contribution >= 0.6 is 0 Å². The number of hydrogen-bond acceptors (Lipinski definition) is 3. The van der Waals surface area contributed by atoms with E-state index in [1.807, 2.05) is 18.2 Å². The van der Waals surface area contributed by atoms with Crippen LogP contribution in [0.5, 0.6) is 5.75 Å². The van der Waals surface area contributed by atoms with Crippen molar-refractivity contribution in [2.24, 2.45) is 5.92 Å². The largest absolute Gasteiger partial charge is 0.493 e. The van der Waals surface area contributed by atoms with E-state index in [0.29, 0.717) is 18.9 Å². The second-order valence-corrected chi connectivity index (χ2v) is 4.91. The zero-order valence-electron chi connectivity index (χ0n) is 10.3. The van der Waals surface area contributed by atoms with Crippen LogP contribution in [-0.4, -0.2) is 25.7 Å². The van der Waals surface area contributed by atoms with Gasteiger partial charge in [-0.3, -0.25) is 4.79 Å². The first-order valence-electron chi connectivity index (χ1n) is 6.44. The Balaban J connectivity index is 1.65. The van der Waals surface area contributed by atoms with Gasteiger partial charge in [0.1, 0.15) is 5.75 Å². The SMILES string of the molecule is O=C1CCc2ccc(OCC3CCOC3)cc2N1. The number of nitrogens with one attached hydrogen (secondary N) is 1. The summed E-state index contributed by atoms with van der Waals surface area (Å²) >= 11 is 0. The Bertz CT molecular complexity index is 452. The van der Waals surface area contributed by atoms with E-state index < -0.39 is 0 Å². The summed E-state index contributed by atoms with van der Waals surface area (Å²) in [6.45, 7) is 2.32. The van der Waals surface area contributed by atoms with E-state index in [4.69, 9.17) is 9.47 Å². The zero-order valence-corrected chi connectivity index (χ0v) is 10.3. The predicted octanol–water partition coefficient (Wildman–Crippen LogP) is 1.99. The molecule has 4 nitrogen and oxygen atoms in total. The van der Waals surface area contributed by atoms with Crippen LogP contribution in [0.2, 0.25) is 0 Å². The van der Waals surface area contributed by atoms with Crippen LogP contribution in [0.15, 0.2) is 18.2 Å². The van der Waals surface area contributed by atoms with Crippen LogP contribution in [-0.2, 0) is 16.0 Å². The Morgan fingerprint density at radius 3 is 3.17 bits per heavy atom. The monoisotopic (exact) mass is 247 g/mol. The first kappa shape index (κ1) is 11.5. The average Bonchev–Trinajstić information content (AvgIpc) is 2.89. The zero-order chi connectivity index (χ0) is 12.4. The molecule has 1 saturated heterocycles. The lowest BCUT2D eigenvalue weighted by atomic mass is 10.0. The molecule has 0 spiro atoms. The van der Waals surface area contributed by atoms with Crippen molar-refractivity contribution in [1.29, 1.82) is 0 Å². The van der Waals surface area contributed by atoms with Crippen LogP contribution in [0.3, 0.4) is 0 Å². The molecule has 2 aliphatic heterocycles. The van der Waals surface area contributed by atoms with Gasteiger partial charge in [0.15, 0.2) is 0 Å². The van der Waals surface area contributed by atoms with Crippen molar-refractivity contribution in [3.8, 4) is 5.75 Å². The number of amides is 1. The van der Waals surface area contributed by atoms with Crippen LogP contribution in [0.1, 0.15) is 18.4 Å². The third-order valence-electron chi connectivity index (χ3n) is 3.49. The Morgan fingerprint density at radius 2 is 2.33 bits per heavy atom. The number of fused-ring (bicyclic) bond motifs is 1. The summed E-state index contributed by atoms with van der Waals surface area (Å²) in [6.07, 6.45) is 2.46. The van der Waals surface area contributed by atoms with E-state index in [1.165, 1.54) is 5.56 Å². The van der Waals surface area contributed by atoms with Crippen LogP contribution in [0, 0.1) is 5.92 Å². The van der Waals surface area contributed by atoms with Gasteiger partial charge >= 0.3 is 0 Å². The highest BCUT2D eigenvalue weighted by atomic mass is 16.5. The average molecular weight is 247 g/mol. The molecule has 1 N–H and O–H groups in total. The molecule has 0 aromatic heterocycles. The molecular formula is C14H17NO3. The Kier molecular flexibility index (Phi) is 3.19. The maximum Gasteiger partial charge on any atom is 0.224 e. The first-order chi connectivity index (χ1) is 8.81. The molecule has 0 saturated carbocycles. The van der Waals surface area contributed by atoms with Gasteiger partial charge in [0.25, 0.3) is 0 Å². The molecule has 1 unspecified atom stereocenters. The van der Waals surface area contributed by atoms with E-state index in [1.54, 1.807) is 0 Å². The molecule has 0 radical (unpaired) electrons. The second-order valence-electron chi connectivity index (χ2n) is 4.91. The Labute approximate surface area is 106 Å². The predicted molar refractivity (Wildman–Crippen MR) is 67.8 cm³/mol. The molecule has 4 heteroatoms. The minimum atomic E-state index is 0.0869. The number of aryl methyl sites for hydroxylation is 1. The summed E-state index contributed by atoms with van der Waals surface area (Å²) in [7, 11) is 0. The summed E-state index contributed by atoms with van der Waals surface area (Å²) in [5.41, 5.74) is 2.08. The highest BCUT2D eigenvalue weighted by Crippen LogP contribution is 2.27. The maximum atomic E-state index is 11.3. The number of carbonyl (C=O) groups excluding carboxylic acids is 1. The molecule has 1 atom stereocenters. The van der Waals surface area contributed by atoms with Gasteiger partial charge in [-0.1, -0.05) is 6.07 Å². The van der Waals surface area contributed by atoms with Crippen LogP contribution in [0.4, 0.5) is 5.69 Å². The summed E-state index contributed by atoms with van der Waals surface area (Å²) < 4.78 is 11.1. The van der Waals surface area contributed by atoms with E-state index in [0.717, 1.165) is 37.5 Å². The standard InChI is InChI=1S/C14H17NO3/c16-14-4-2-11-1-3-12(7-13(11)15-14)18-9-10-5-6-17-8-10/h1,3,7,10H,2,4-6,8-9H2,(H,15,16). The van der Waals surface area contributed by atoms with Gasteiger partial charge in [-0.2, -0.15) is 0 Å². The van der Waals surface area contributed by atoms with Crippen molar-refractivity contribution in [2.75, 3.05) is 25.1 Å². The lowest BCUT2D eigenvalue weighted by Crippen LogP contribution is -2.19. The minimum Gasteiger partial charge on any atom is -0.493 e.